The van der Waals surface area contributed by atoms with Crippen molar-refractivity contribution in [3.63, 3.8) is 0 Å². The highest BCUT2D eigenvalue weighted by atomic mass is 35.5. The van der Waals surface area contributed by atoms with Gasteiger partial charge in [-0.2, -0.15) is 19.0 Å². The van der Waals surface area contributed by atoms with Gasteiger partial charge in [-0.3, -0.25) is 9.48 Å². The average molecular weight is 370 g/mol. The van der Waals surface area contributed by atoms with Crippen molar-refractivity contribution in [1.82, 2.24) is 19.6 Å². The van der Waals surface area contributed by atoms with Crippen molar-refractivity contribution in [1.29, 1.82) is 0 Å². The van der Waals surface area contributed by atoms with Crippen molar-refractivity contribution >= 4 is 23.3 Å². The lowest BCUT2D eigenvalue weighted by molar-refractivity contribution is 0.0561. The third-order valence-electron chi connectivity index (χ3n) is 3.28. The first-order valence-electron chi connectivity index (χ1n) is 7.05. The van der Waals surface area contributed by atoms with Crippen LogP contribution in [0, 0.1) is 5.82 Å². The number of hydrogen-bond acceptors (Lipinski definition) is 3. The molecule has 0 unspecified atom stereocenters. The molecule has 0 saturated carbocycles. The number of benzene rings is 1. The van der Waals surface area contributed by atoms with Gasteiger partial charge < -0.3 is 5.32 Å². The van der Waals surface area contributed by atoms with E-state index in [1.807, 2.05) is 0 Å². The van der Waals surface area contributed by atoms with E-state index in [1.165, 1.54) is 16.9 Å². The van der Waals surface area contributed by atoms with Gasteiger partial charge in [0.05, 0.1) is 6.54 Å². The lowest BCUT2D eigenvalue weighted by Gasteiger charge is -2.03. The number of alkyl halides is 2. The molecular formula is C15H11ClF3N5O. The molecule has 25 heavy (non-hydrogen) atoms. The van der Waals surface area contributed by atoms with E-state index >= 15 is 0 Å². The number of aromatic nitrogens is 4. The van der Waals surface area contributed by atoms with Gasteiger partial charge in [0.2, 0.25) is 0 Å². The highest BCUT2D eigenvalue weighted by Gasteiger charge is 2.17. The monoisotopic (exact) mass is 369 g/mol. The fourth-order valence-corrected chi connectivity index (χ4v) is 2.30. The van der Waals surface area contributed by atoms with Crippen LogP contribution < -0.4 is 5.32 Å². The summed E-state index contributed by atoms with van der Waals surface area (Å²) in [6.07, 6.45) is 2.40. The van der Waals surface area contributed by atoms with Crippen LogP contribution in [-0.4, -0.2) is 25.5 Å². The second kappa shape index (κ2) is 6.98. The molecule has 0 bridgehead atoms. The average Bonchev–Trinajstić information content (AvgIpc) is 3.17. The zero-order valence-electron chi connectivity index (χ0n) is 12.5. The van der Waals surface area contributed by atoms with E-state index in [1.54, 1.807) is 18.2 Å². The molecule has 10 heteroatoms. The van der Waals surface area contributed by atoms with Gasteiger partial charge in [-0.05, 0) is 12.1 Å². The fraction of sp³-hybridized carbons (Fsp3) is 0.133. The van der Waals surface area contributed by atoms with Gasteiger partial charge in [-0.25, -0.2) is 9.07 Å². The van der Waals surface area contributed by atoms with E-state index in [9.17, 15) is 18.0 Å². The van der Waals surface area contributed by atoms with E-state index in [4.69, 9.17) is 11.6 Å². The second-order valence-electron chi connectivity index (χ2n) is 5.03. The summed E-state index contributed by atoms with van der Waals surface area (Å²) < 4.78 is 40.3. The summed E-state index contributed by atoms with van der Waals surface area (Å²) in [5.74, 6) is -1.11. The molecule has 1 amide bonds. The maximum atomic E-state index is 13.7. The van der Waals surface area contributed by atoms with E-state index in [2.05, 4.69) is 15.5 Å². The van der Waals surface area contributed by atoms with Gasteiger partial charge in [0.1, 0.15) is 10.8 Å². The zero-order chi connectivity index (χ0) is 18.0. The zero-order valence-corrected chi connectivity index (χ0v) is 13.3. The normalized spacial score (nSPS) is 11.1. The van der Waals surface area contributed by atoms with Crippen molar-refractivity contribution < 1.29 is 18.0 Å². The molecule has 1 aromatic carbocycles. The number of hydrogen-bond donors (Lipinski definition) is 1. The van der Waals surface area contributed by atoms with Gasteiger partial charge in [0.25, 0.3) is 5.91 Å². The molecule has 1 N–H and O–H groups in total. The first-order chi connectivity index (χ1) is 11.9. The summed E-state index contributed by atoms with van der Waals surface area (Å²) in [5, 5.41) is 10.0. The van der Waals surface area contributed by atoms with Crippen molar-refractivity contribution in [3.8, 4) is 0 Å². The van der Waals surface area contributed by atoms with Crippen molar-refractivity contribution in [2.24, 2.45) is 0 Å². The van der Waals surface area contributed by atoms with E-state index in [0.717, 1.165) is 12.3 Å². The highest BCUT2D eigenvalue weighted by Crippen LogP contribution is 2.21. The summed E-state index contributed by atoms with van der Waals surface area (Å²) in [6.45, 7) is -2.73. The van der Waals surface area contributed by atoms with Crippen molar-refractivity contribution in [2.45, 2.75) is 13.1 Å². The minimum atomic E-state index is -2.84. The summed E-state index contributed by atoms with van der Waals surface area (Å²) in [4.78, 5) is 12.0. The fourth-order valence-electron chi connectivity index (χ4n) is 2.10. The molecule has 2 aromatic heterocycles. The SMILES string of the molecule is O=C(Nc1nn(Cc2ccccc2F)cc1Cl)c1ccn(C(F)F)n1. The first-order valence-corrected chi connectivity index (χ1v) is 7.43. The lowest BCUT2D eigenvalue weighted by Crippen LogP contribution is -2.14. The number of carbonyl (C=O) groups is 1. The first kappa shape index (κ1) is 17.0. The number of amides is 1. The summed E-state index contributed by atoms with van der Waals surface area (Å²) >= 11 is 6.00. The highest BCUT2D eigenvalue weighted by molar-refractivity contribution is 6.33. The van der Waals surface area contributed by atoms with Crippen LogP contribution in [0.1, 0.15) is 22.6 Å². The van der Waals surface area contributed by atoms with E-state index in [0.29, 0.717) is 10.2 Å². The van der Waals surface area contributed by atoms with Crippen LogP contribution in [-0.2, 0) is 6.54 Å². The Morgan fingerprint density at radius 1 is 1.24 bits per heavy atom. The maximum absolute atomic E-state index is 13.7. The minimum Gasteiger partial charge on any atom is -0.302 e. The number of nitrogens with zero attached hydrogens (tertiary/aromatic N) is 4. The van der Waals surface area contributed by atoms with Crippen LogP contribution in [0.2, 0.25) is 5.02 Å². The Morgan fingerprint density at radius 2 is 2.00 bits per heavy atom. The number of halogens is 4. The molecule has 3 aromatic rings. The molecule has 0 atom stereocenters. The second-order valence-corrected chi connectivity index (χ2v) is 5.43. The predicted molar refractivity (Wildman–Crippen MR) is 84.2 cm³/mol. The Bertz CT molecular complexity index is 908. The van der Waals surface area contributed by atoms with Gasteiger partial charge in [0.15, 0.2) is 11.5 Å². The molecule has 3 rings (SSSR count). The molecule has 0 aliphatic carbocycles. The molecule has 0 fully saturated rings. The Kier molecular flexibility index (Phi) is 4.75. The predicted octanol–water partition coefficient (Wildman–Crippen LogP) is 3.57. The molecular weight excluding hydrogens is 359 g/mol. The molecule has 130 valence electrons. The van der Waals surface area contributed by atoms with Crippen LogP contribution in [0.25, 0.3) is 0 Å². The maximum Gasteiger partial charge on any atom is 0.333 e. The molecule has 0 radical (unpaired) electrons. The Hall–Kier alpha value is -2.81. The van der Waals surface area contributed by atoms with Crippen LogP contribution in [0.15, 0.2) is 42.7 Å². The molecule has 0 aliphatic heterocycles. The van der Waals surface area contributed by atoms with E-state index in [-0.39, 0.29) is 23.1 Å². The third-order valence-corrected chi connectivity index (χ3v) is 3.56. The number of nitrogens with one attached hydrogen (secondary N) is 1. The number of rotatable bonds is 5. The topological polar surface area (TPSA) is 64.7 Å². The lowest BCUT2D eigenvalue weighted by atomic mass is 10.2. The van der Waals surface area contributed by atoms with Gasteiger partial charge in [-0.1, -0.05) is 29.8 Å². The third kappa shape index (κ3) is 3.82. The van der Waals surface area contributed by atoms with Crippen LogP contribution >= 0.6 is 11.6 Å². The summed E-state index contributed by atoms with van der Waals surface area (Å²) in [7, 11) is 0. The molecule has 0 aliphatic rings. The quantitative estimate of drug-likeness (QED) is 0.747. The molecule has 0 saturated heterocycles. The van der Waals surface area contributed by atoms with Gasteiger partial charge >= 0.3 is 6.55 Å². The van der Waals surface area contributed by atoms with E-state index < -0.39 is 18.3 Å². The smallest absolute Gasteiger partial charge is 0.302 e. The van der Waals surface area contributed by atoms with Crippen LogP contribution in [0.3, 0.4) is 0 Å². The Labute approximate surface area is 144 Å². The Morgan fingerprint density at radius 3 is 2.68 bits per heavy atom. The standard InChI is InChI=1S/C15H11ClF3N5O/c16-10-8-23(7-9-3-1-2-4-11(9)17)22-13(10)20-14(25)12-5-6-24(21-12)15(18)19/h1-6,8,15H,7H2,(H,20,22,25). The minimum absolute atomic E-state index is 0.0228. The number of carbonyl (C=O) groups excluding carboxylic acids is 1. The summed E-state index contributed by atoms with van der Waals surface area (Å²) in [6, 6.07) is 7.32. The molecule has 6 nitrogen and oxygen atoms in total. The van der Waals surface area contributed by atoms with Crippen LogP contribution in [0.4, 0.5) is 19.0 Å². The van der Waals surface area contributed by atoms with Gasteiger partial charge in [-0.15, -0.1) is 0 Å². The van der Waals surface area contributed by atoms with Crippen LogP contribution in [0.5, 0.6) is 0 Å². The molecule has 0 spiro atoms. The molecule has 2 heterocycles. The van der Waals surface area contributed by atoms with Crippen molar-refractivity contribution in [3.05, 3.63) is 64.8 Å². The van der Waals surface area contributed by atoms with Gasteiger partial charge in [0, 0.05) is 18.0 Å². The van der Waals surface area contributed by atoms with Crippen molar-refractivity contribution in [2.75, 3.05) is 5.32 Å². The largest absolute Gasteiger partial charge is 0.333 e. The summed E-state index contributed by atoms with van der Waals surface area (Å²) in [5.41, 5.74) is 0.190. The Balaban J connectivity index is 1.74. The number of anilines is 1.